The summed E-state index contributed by atoms with van der Waals surface area (Å²) in [5.41, 5.74) is 2.40. The first kappa shape index (κ1) is 9.99. The maximum Gasteiger partial charge on any atom is 0.175 e. The molecule has 3 rings (SSSR count). The van der Waals surface area contributed by atoms with Crippen molar-refractivity contribution in [2.24, 2.45) is 0 Å². The highest BCUT2D eigenvalue weighted by Crippen LogP contribution is 2.19. The van der Waals surface area contributed by atoms with Crippen molar-refractivity contribution in [1.82, 2.24) is 15.0 Å². The zero-order valence-corrected chi connectivity index (χ0v) is 9.06. The third kappa shape index (κ3) is 1.68. The Labute approximate surface area is 98.1 Å². The van der Waals surface area contributed by atoms with Gasteiger partial charge in [-0.2, -0.15) is 0 Å². The fourth-order valence-electron chi connectivity index (χ4n) is 1.83. The summed E-state index contributed by atoms with van der Waals surface area (Å²) in [5, 5.41) is 18.2. The van der Waals surface area contributed by atoms with Gasteiger partial charge < -0.3 is 5.11 Å². The van der Waals surface area contributed by atoms with Crippen LogP contribution >= 0.6 is 0 Å². The molecule has 2 aromatic carbocycles. The number of nitrogens with zero attached hydrogens (tertiary/aromatic N) is 3. The predicted molar refractivity (Wildman–Crippen MR) is 64.3 cm³/mol. The second-order valence-electron chi connectivity index (χ2n) is 3.81. The molecule has 0 radical (unpaired) electrons. The zero-order chi connectivity index (χ0) is 11.7. The molecule has 4 nitrogen and oxygen atoms in total. The van der Waals surface area contributed by atoms with Crippen molar-refractivity contribution in [2.45, 2.75) is 6.23 Å². The number of fused-ring (bicyclic) bond motifs is 1. The van der Waals surface area contributed by atoms with Crippen LogP contribution in [0.25, 0.3) is 11.0 Å². The van der Waals surface area contributed by atoms with Gasteiger partial charge in [-0.05, 0) is 12.1 Å². The second-order valence-corrected chi connectivity index (χ2v) is 3.81. The van der Waals surface area contributed by atoms with Crippen LogP contribution in [0.3, 0.4) is 0 Å². The molecular weight excluding hydrogens is 214 g/mol. The molecule has 17 heavy (non-hydrogen) atoms. The topological polar surface area (TPSA) is 50.9 Å². The highest BCUT2D eigenvalue weighted by molar-refractivity contribution is 5.74. The van der Waals surface area contributed by atoms with E-state index in [-0.39, 0.29) is 0 Å². The highest BCUT2D eigenvalue weighted by atomic mass is 16.3. The molecule has 0 amide bonds. The number of benzene rings is 2. The standard InChI is InChI=1S/C13H11N3O/c17-13(10-6-2-1-3-7-10)16-12-9-5-4-8-11(12)14-15-16/h1-9,13,17H. The molecule has 84 valence electrons. The van der Waals surface area contributed by atoms with Gasteiger partial charge in [0, 0.05) is 5.56 Å². The monoisotopic (exact) mass is 225 g/mol. The van der Waals surface area contributed by atoms with Crippen molar-refractivity contribution in [3.8, 4) is 0 Å². The average Bonchev–Trinajstić information content (AvgIpc) is 2.83. The molecule has 0 aliphatic carbocycles. The number of hydrogen-bond donors (Lipinski definition) is 1. The first-order chi connectivity index (χ1) is 8.36. The van der Waals surface area contributed by atoms with Crippen molar-refractivity contribution in [3.63, 3.8) is 0 Å². The first-order valence-electron chi connectivity index (χ1n) is 5.39. The fraction of sp³-hybridized carbons (Fsp3) is 0.0769. The number of rotatable bonds is 2. The molecular formula is C13H11N3O. The molecule has 0 fully saturated rings. The summed E-state index contributed by atoms with van der Waals surface area (Å²) in [5.74, 6) is 0. The SMILES string of the molecule is OC(c1ccccc1)n1nnc2ccccc21. The average molecular weight is 225 g/mol. The Balaban J connectivity index is 2.10. The first-order valence-corrected chi connectivity index (χ1v) is 5.39. The van der Waals surface area contributed by atoms with Gasteiger partial charge in [0.15, 0.2) is 6.23 Å². The van der Waals surface area contributed by atoms with Gasteiger partial charge in [0.05, 0.1) is 5.52 Å². The van der Waals surface area contributed by atoms with E-state index in [1.54, 1.807) is 0 Å². The van der Waals surface area contributed by atoms with Crippen LogP contribution < -0.4 is 0 Å². The molecule has 3 aromatic rings. The van der Waals surface area contributed by atoms with Crippen molar-refractivity contribution in [2.75, 3.05) is 0 Å². The van der Waals surface area contributed by atoms with Crippen molar-refractivity contribution < 1.29 is 5.11 Å². The van der Waals surface area contributed by atoms with E-state index in [0.717, 1.165) is 16.6 Å². The molecule has 0 bridgehead atoms. The quantitative estimate of drug-likeness (QED) is 0.725. The number of para-hydroxylation sites is 1. The van der Waals surface area contributed by atoms with Crippen molar-refractivity contribution >= 4 is 11.0 Å². The fourth-order valence-corrected chi connectivity index (χ4v) is 1.83. The van der Waals surface area contributed by atoms with E-state index < -0.39 is 6.23 Å². The second kappa shape index (κ2) is 3.99. The van der Waals surface area contributed by atoms with Gasteiger partial charge >= 0.3 is 0 Å². The lowest BCUT2D eigenvalue weighted by Crippen LogP contribution is -2.11. The van der Waals surface area contributed by atoms with Crippen LogP contribution in [0.2, 0.25) is 0 Å². The van der Waals surface area contributed by atoms with Crippen LogP contribution in [0.1, 0.15) is 11.8 Å². The Bertz CT molecular complexity index is 633. The van der Waals surface area contributed by atoms with Crippen LogP contribution in [-0.4, -0.2) is 20.1 Å². The molecule has 1 aromatic heterocycles. The van der Waals surface area contributed by atoms with Gasteiger partial charge in [-0.3, -0.25) is 0 Å². The molecule has 4 heteroatoms. The van der Waals surface area contributed by atoms with Crippen molar-refractivity contribution in [3.05, 3.63) is 60.2 Å². The lowest BCUT2D eigenvalue weighted by Gasteiger charge is -2.11. The van der Waals surface area contributed by atoms with E-state index in [0.29, 0.717) is 0 Å². The number of aromatic nitrogens is 3. The molecule has 1 N–H and O–H groups in total. The molecule has 0 aliphatic heterocycles. The van der Waals surface area contributed by atoms with Crippen LogP contribution in [0.4, 0.5) is 0 Å². The third-order valence-electron chi connectivity index (χ3n) is 2.71. The molecule has 0 spiro atoms. The summed E-state index contributed by atoms with van der Waals surface area (Å²) in [6, 6.07) is 17.0. The van der Waals surface area contributed by atoms with Gasteiger partial charge in [0.2, 0.25) is 0 Å². The number of aliphatic hydroxyl groups excluding tert-OH is 1. The van der Waals surface area contributed by atoms with Gasteiger partial charge in [-0.15, -0.1) is 5.10 Å². The zero-order valence-electron chi connectivity index (χ0n) is 9.06. The van der Waals surface area contributed by atoms with E-state index >= 15 is 0 Å². The van der Waals surface area contributed by atoms with Crippen LogP contribution in [-0.2, 0) is 0 Å². The smallest absolute Gasteiger partial charge is 0.175 e. The molecule has 1 atom stereocenters. The molecule has 0 saturated carbocycles. The largest absolute Gasteiger partial charge is 0.368 e. The summed E-state index contributed by atoms with van der Waals surface area (Å²) < 4.78 is 1.52. The maximum absolute atomic E-state index is 10.2. The molecule has 0 saturated heterocycles. The summed E-state index contributed by atoms with van der Waals surface area (Å²) in [6.45, 7) is 0. The Morgan fingerprint density at radius 3 is 2.47 bits per heavy atom. The van der Waals surface area contributed by atoms with E-state index in [1.165, 1.54) is 4.68 Å². The number of hydrogen-bond acceptors (Lipinski definition) is 3. The third-order valence-corrected chi connectivity index (χ3v) is 2.71. The van der Waals surface area contributed by atoms with Crippen LogP contribution in [0.15, 0.2) is 54.6 Å². The normalized spacial score (nSPS) is 12.8. The van der Waals surface area contributed by atoms with E-state index in [4.69, 9.17) is 0 Å². The van der Waals surface area contributed by atoms with Crippen molar-refractivity contribution in [1.29, 1.82) is 0 Å². The lowest BCUT2D eigenvalue weighted by molar-refractivity contribution is 0.134. The molecule has 1 unspecified atom stereocenters. The van der Waals surface area contributed by atoms with Gasteiger partial charge in [0.25, 0.3) is 0 Å². The lowest BCUT2D eigenvalue weighted by atomic mass is 10.2. The summed E-state index contributed by atoms with van der Waals surface area (Å²) in [4.78, 5) is 0. The van der Waals surface area contributed by atoms with Gasteiger partial charge in [-0.1, -0.05) is 47.7 Å². The van der Waals surface area contributed by atoms with E-state index in [9.17, 15) is 5.11 Å². The highest BCUT2D eigenvalue weighted by Gasteiger charge is 2.13. The van der Waals surface area contributed by atoms with E-state index in [2.05, 4.69) is 10.3 Å². The Hall–Kier alpha value is -2.20. The summed E-state index contributed by atoms with van der Waals surface area (Å²) >= 11 is 0. The van der Waals surface area contributed by atoms with Crippen LogP contribution in [0, 0.1) is 0 Å². The minimum Gasteiger partial charge on any atom is -0.368 e. The maximum atomic E-state index is 10.2. The van der Waals surface area contributed by atoms with Gasteiger partial charge in [-0.25, -0.2) is 4.68 Å². The summed E-state index contributed by atoms with van der Waals surface area (Å²) in [6.07, 6.45) is -0.802. The predicted octanol–water partition coefficient (Wildman–Crippen LogP) is 1.97. The van der Waals surface area contributed by atoms with Crippen LogP contribution in [0.5, 0.6) is 0 Å². The number of aliphatic hydroxyl groups is 1. The van der Waals surface area contributed by atoms with E-state index in [1.807, 2.05) is 54.6 Å². The minimum absolute atomic E-state index is 0.780. The van der Waals surface area contributed by atoms with Gasteiger partial charge in [0.1, 0.15) is 5.52 Å². The Morgan fingerprint density at radius 1 is 0.941 bits per heavy atom. The Kier molecular flexibility index (Phi) is 2.34. The molecule has 1 heterocycles. The summed E-state index contributed by atoms with van der Waals surface area (Å²) in [7, 11) is 0. The minimum atomic E-state index is -0.802. The Morgan fingerprint density at radius 2 is 1.65 bits per heavy atom. The molecule has 0 aliphatic rings.